The van der Waals surface area contributed by atoms with Crippen molar-refractivity contribution in [1.29, 1.82) is 0 Å². The number of alkyl halides is 6. The molecular weight excluding hydrogens is 408 g/mol. The first-order valence-electron chi connectivity index (χ1n) is 8.81. The third-order valence-corrected chi connectivity index (χ3v) is 6.41. The second-order valence-electron chi connectivity index (χ2n) is 7.00. The van der Waals surface area contributed by atoms with E-state index >= 15 is 0 Å². The van der Waals surface area contributed by atoms with E-state index in [1.165, 1.54) is 17.8 Å². The maximum Gasteiger partial charge on any atom is 0.404 e. The maximum absolute atomic E-state index is 13.2. The molecule has 1 atom stereocenters. The van der Waals surface area contributed by atoms with Crippen LogP contribution < -0.4 is 0 Å². The van der Waals surface area contributed by atoms with Crippen molar-refractivity contribution in [2.75, 3.05) is 25.4 Å². The molecule has 0 radical (unpaired) electrons. The predicted molar refractivity (Wildman–Crippen MR) is 91.2 cm³/mol. The fourth-order valence-electron chi connectivity index (χ4n) is 3.50. The lowest BCUT2D eigenvalue weighted by Gasteiger charge is -2.33. The fraction of sp³-hybridized carbons (Fsp3) is 0.611. The summed E-state index contributed by atoms with van der Waals surface area (Å²) < 4.78 is 85.0. The van der Waals surface area contributed by atoms with Crippen LogP contribution in [0.3, 0.4) is 0 Å². The summed E-state index contributed by atoms with van der Waals surface area (Å²) in [6.45, 7) is -1.34. The Hall–Kier alpha value is -1.42. The normalized spacial score (nSPS) is 22.6. The Bertz CT molecular complexity index is 701. The standard InChI is InChI=1S/C18H19F6NO2S/c19-17(20,21)16(18(22,23)24)7-8-25(11-16)15(26)13-5-1-2-6-14(13)28-10-12-4-3-9-27-12/h1-2,5-6,12H,3-4,7-11H2. The lowest BCUT2D eigenvalue weighted by Crippen LogP contribution is -2.52. The number of thioether (sulfide) groups is 1. The molecule has 2 aliphatic heterocycles. The van der Waals surface area contributed by atoms with Crippen LogP contribution >= 0.6 is 11.8 Å². The Morgan fingerprint density at radius 2 is 1.86 bits per heavy atom. The van der Waals surface area contributed by atoms with E-state index < -0.39 is 43.2 Å². The van der Waals surface area contributed by atoms with Gasteiger partial charge in [-0.1, -0.05) is 12.1 Å². The van der Waals surface area contributed by atoms with Crippen LogP contribution in [-0.4, -0.2) is 54.7 Å². The van der Waals surface area contributed by atoms with E-state index in [-0.39, 0.29) is 11.7 Å². The number of hydrogen-bond donors (Lipinski definition) is 0. The number of benzene rings is 1. The number of amides is 1. The minimum absolute atomic E-state index is 0.0306. The lowest BCUT2D eigenvalue weighted by atomic mass is 9.85. The molecule has 10 heteroatoms. The second kappa shape index (κ2) is 7.78. The number of carbonyl (C=O) groups excluding carboxylic acids is 1. The highest BCUT2D eigenvalue weighted by Gasteiger charge is 2.72. The molecule has 2 saturated heterocycles. The van der Waals surface area contributed by atoms with E-state index in [2.05, 4.69) is 0 Å². The summed E-state index contributed by atoms with van der Waals surface area (Å²) in [5, 5.41) is 0. The molecule has 0 aliphatic carbocycles. The Kier molecular flexibility index (Phi) is 5.91. The van der Waals surface area contributed by atoms with Gasteiger partial charge in [-0.05, 0) is 31.4 Å². The van der Waals surface area contributed by atoms with E-state index in [0.29, 0.717) is 22.2 Å². The topological polar surface area (TPSA) is 29.5 Å². The number of hydrogen-bond acceptors (Lipinski definition) is 3. The molecule has 3 rings (SSSR count). The zero-order valence-corrected chi connectivity index (χ0v) is 15.6. The summed E-state index contributed by atoms with van der Waals surface area (Å²) in [4.78, 5) is 13.9. The number of halogens is 6. The molecule has 2 heterocycles. The molecule has 156 valence electrons. The van der Waals surface area contributed by atoms with Gasteiger partial charge in [0.15, 0.2) is 5.41 Å². The molecule has 2 fully saturated rings. The van der Waals surface area contributed by atoms with Crippen molar-refractivity contribution in [2.45, 2.75) is 42.6 Å². The third-order valence-electron chi connectivity index (χ3n) is 5.21. The monoisotopic (exact) mass is 427 g/mol. The highest BCUT2D eigenvalue weighted by Crippen LogP contribution is 2.55. The average molecular weight is 427 g/mol. The maximum atomic E-state index is 13.2. The molecule has 1 aromatic carbocycles. The summed E-state index contributed by atoms with van der Waals surface area (Å²) in [6.07, 6.45) is -10.3. The molecule has 0 spiro atoms. The van der Waals surface area contributed by atoms with Gasteiger partial charge in [0, 0.05) is 30.3 Å². The van der Waals surface area contributed by atoms with E-state index in [4.69, 9.17) is 4.74 Å². The molecule has 1 aromatic rings. The molecule has 1 amide bonds. The van der Waals surface area contributed by atoms with Crippen molar-refractivity contribution in [3.63, 3.8) is 0 Å². The van der Waals surface area contributed by atoms with Gasteiger partial charge in [0.25, 0.3) is 5.91 Å². The Morgan fingerprint density at radius 1 is 1.18 bits per heavy atom. The van der Waals surface area contributed by atoms with Crippen molar-refractivity contribution < 1.29 is 35.9 Å². The van der Waals surface area contributed by atoms with Gasteiger partial charge in [0.2, 0.25) is 0 Å². The molecule has 0 bridgehead atoms. The van der Waals surface area contributed by atoms with Gasteiger partial charge < -0.3 is 9.64 Å². The van der Waals surface area contributed by atoms with Gasteiger partial charge in [-0.15, -0.1) is 11.8 Å². The van der Waals surface area contributed by atoms with Gasteiger partial charge in [-0.2, -0.15) is 26.3 Å². The Morgan fingerprint density at radius 3 is 2.43 bits per heavy atom. The van der Waals surface area contributed by atoms with E-state index in [1.807, 2.05) is 0 Å². The zero-order valence-electron chi connectivity index (χ0n) is 14.8. The largest absolute Gasteiger partial charge is 0.404 e. The van der Waals surface area contributed by atoms with E-state index in [1.54, 1.807) is 18.2 Å². The van der Waals surface area contributed by atoms with Crippen molar-refractivity contribution in [3.8, 4) is 0 Å². The van der Waals surface area contributed by atoms with Crippen LogP contribution in [0.1, 0.15) is 29.6 Å². The van der Waals surface area contributed by atoms with Crippen molar-refractivity contribution in [2.24, 2.45) is 5.41 Å². The van der Waals surface area contributed by atoms with Crippen LogP contribution in [-0.2, 0) is 4.74 Å². The molecule has 3 nitrogen and oxygen atoms in total. The minimum Gasteiger partial charge on any atom is -0.377 e. The van der Waals surface area contributed by atoms with Crippen LogP contribution in [0.4, 0.5) is 26.3 Å². The predicted octanol–water partition coefficient (Wildman–Crippen LogP) is 4.91. The molecule has 0 N–H and O–H groups in total. The van der Waals surface area contributed by atoms with E-state index in [9.17, 15) is 31.1 Å². The molecule has 0 aromatic heterocycles. The molecule has 1 unspecified atom stereocenters. The third kappa shape index (κ3) is 3.98. The van der Waals surface area contributed by atoms with Crippen molar-refractivity contribution in [1.82, 2.24) is 4.90 Å². The smallest absolute Gasteiger partial charge is 0.377 e. The van der Waals surface area contributed by atoms with Crippen molar-refractivity contribution >= 4 is 17.7 Å². The average Bonchev–Trinajstić information content (AvgIpc) is 3.28. The van der Waals surface area contributed by atoms with Crippen LogP contribution in [0.2, 0.25) is 0 Å². The second-order valence-corrected chi connectivity index (χ2v) is 8.06. The van der Waals surface area contributed by atoms with Gasteiger partial charge in [0.1, 0.15) is 0 Å². The summed E-state index contributed by atoms with van der Waals surface area (Å²) in [5.74, 6) is -0.245. The number of ether oxygens (including phenoxy) is 1. The highest BCUT2D eigenvalue weighted by molar-refractivity contribution is 7.99. The first-order valence-corrected chi connectivity index (χ1v) is 9.80. The number of likely N-dealkylation sites (tertiary alicyclic amines) is 1. The van der Waals surface area contributed by atoms with Crippen LogP contribution in [0.25, 0.3) is 0 Å². The zero-order chi connectivity index (χ0) is 20.6. The lowest BCUT2D eigenvalue weighted by molar-refractivity contribution is -0.334. The summed E-state index contributed by atoms with van der Waals surface area (Å²) >= 11 is 1.33. The molecule has 0 saturated carbocycles. The summed E-state index contributed by atoms with van der Waals surface area (Å²) in [7, 11) is 0. The number of rotatable bonds is 4. The van der Waals surface area contributed by atoms with Crippen LogP contribution in [0.5, 0.6) is 0 Å². The minimum atomic E-state index is -5.48. The van der Waals surface area contributed by atoms with Crippen molar-refractivity contribution in [3.05, 3.63) is 29.8 Å². The van der Waals surface area contributed by atoms with Gasteiger partial charge >= 0.3 is 12.4 Å². The Labute approximate surface area is 162 Å². The van der Waals surface area contributed by atoms with Gasteiger partial charge in [-0.25, -0.2) is 0 Å². The van der Waals surface area contributed by atoms with Crippen LogP contribution in [0.15, 0.2) is 29.2 Å². The molecule has 28 heavy (non-hydrogen) atoms. The van der Waals surface area contributed by atoms with E-state index in [0.717, 1.165) is 12.8 Å². The molecular formula is C18H19F6NO2S. The summed E-state index contributed by atoms with van der Waals surface area (Å²) in [6, 6.07) is 6.29. The quantitative estimate of drug-likeness (QED) is 0.505. The number of carbonyl (C=O) groups is 1. The highest BCUT2D eigenvalue weighted by atomic mass is 32.2. The van der Waals surface area contributed by atoms with Crippen LogP contribution in [0, 0.1) is 5.41 Å². The number of nitrogens with zero attached hydrogens (tertiary/aromatic N) is 1. The SMILES string of the molecule is O=C(c1ccccc1SCC1CCCO1)N1CCC(C(F)(F)F)(C(F)(F)F)C1. The first kappa shape index (κ1) is 21.3. The Balaban J connectivity index is 1.78. The summed E-state index contributed by atoms with van der Waals surface area (Å²) in [5.41, 5.74) is -3.76. The fourth-order valence-corrected chi connectivity index (χ4v) is 4.62. The van der Waals surface area contributed by atoms with Gasteiger partial charge in [-0.3, -0.25) is 4.79 Å². The molecule has 2 aliphatic rings. The van der Waals surface area contributed by atoms with Gasteiger partial charge in [0.05, 0.1) is 11.7 Å². The first-order chi connectivity index (χ1) is 13.1.